The minimum absolute atomic E-state index is 0.0627. The molecule has 1 aromatic rings. The zero-order valence-electron chi connectivity index (χ0n) is 11.5. The van der Waals surface area contributed by atoms with Gasteiger partial charge in [0, 0.05) is 19.1 Å². The lowest BCUT2D eigenvalue weighted by atomic mass is 10.2. The monoisotopic (exact) mass is 276 g/mol. The van der Waals surface area contributed by atoms with Crippen LogP contribution in [0.3, 0.4) is 0 Å². The standard InChI is InChI=1S/C15H20N2O3/c18-15(20-13-6-2-1-3-7-13)16-9-14-10-17-8-4-5-12(17)11-19-14/h1-3,6-7,12,14H,4-5,8-11H2,(H,16,18). The fraction of sp³-hybridized carbons (Fsp3) is 0.533. The van der Waals surface area contributed by atoms with Gasteiger partial charge in [-0.25, -0.2) is 4.79 Å². The van der Waals surface area contributed by atoms with E-state index in [1.165, 1.54) is 12.8 Å². The molecule has 2 saturated heterocycles. The molecule has 0 saturated carbocycles. The molecular weight excluding hydrogens is 256 g/mol. The number of ether oxygens (including phenoxy) is 2. The van der Waals surface area contributed by atoms with Gasteiger partial charge < -0.3 is 14.8 Å². The topological polar surface area (TPSA) is 50.8 Å². The molecule has 2 atom stereocenters. The van der Waals surface area contributed by atoms with Crippen molar-refractivity contribution in [1.82, 2.24) is 10.2 Å². The summed E-state index contributed by atoms with van der Waals surface area (Å²) in [5.74, 6) is 0.550. The average Bonchev–Trinajstić information content (AvgIpc) is 2.93. The summed E-state index contributed by atoms with van der Waals surface area (Å²) in [6, 6.07) is 9.65. The number of fused-ring (bicyclic) bond motifs is 1. The van der Waals surface area contributed by atoms with E-state index in [2.05, 4.69) is 10.2 Å². The number of para-hydroxylation sites is 1. The molecule has 0 aromatic heterocycles. The number of benzene rings is 1. The molecule has 2 aliphatic rings. The summed E-state index contributed by atoms with van der Waals surface area (Å²) < 4.78 is 11.0. The number of nitrogens with one attached hydrogen (secondary N) is 1. The third kappa shape index (κ3) is 3.29. The van der Waals surface area contributed by atoms with Crippen LogP contribution in [0.5, 0.6) is 5.75 Å². The zero-order valence-corrected chi connectivity index (χ0v) is 11.5. The van der Waals surface area contributed by atoms with Gasteiger partial charge in [0.2, 0.25) is 0 Å². The number of amides is 1. The van der Waals surface area contributed by atoms with Crippen LogP contribution in [0.2, 0.25) is 0 Å². The highest BCUT2D eigenvalue weighted by Gasteiger charge is 2.32. The molecule has 0 aliphatic carbocycles. The van der Waals surface area contributed by atoms with E-state index in [9.17, 15) is 4.79 Å². The molecule has 108 valence electrons. The van der Waals surface area contributed by atoms with E-state index in [0.717, 1.165) is 19.7 Å². The van der Waals surface area contributed by atoms with Gasteiger partial charge in [-0.15, -0.1) is 0 Å². The number of carbonyl (C=O) groups is 1. The Morgan fingerprint density at radius 1 is 1.40 bits per heavy atom. The molecule has 2 unspecified atom stereocenters. The number of hydrogen-bond acceptors (Lipinski definition) is 4. The van der Waals surface area contributed by atoms with Crippen LogP contribution < -0.4 is 10.1 Å². The molecule has 20 heavy (non-hydrogen) atoms. The van der Waals surface area contributed by atoms with Crippen molar-refractivity contribution in [2.45, 2.75) is 25.0 Å². The van der Waals surface area contributed by atoms with Gasteiger partial charge in [0.25, 0.3) is 0 Å². The summed E-state index contributed by atoms with van der Waals surface area (Å²) in [5.41, 5.74) is 0. The van der Waals surface area contributed by atoms with Crippen molar-refractivity contribution in [2.24, 2.45) is 0 Å². The lowest BCUT2D eigenvalue weighted by molar-refractivity contribution is -0.0462. The number of nitrogens with zero attached hydrogens (tertiary/aromatic N) is 1. The van der Waals surface area contributed by atoms with Crippen LogP contribution in [0, 0.1) is 0 Å². The lowest BCUT2D eigenvalue weighted by Crippen LogP contribution is -2.50. The fourth-order valence-corrected chi connectivity index (χ4v) is 2.84. The van der Waals surface area contributed by atoms with E-state index in [4.69, 9.17) is 9.47 Å². The predicted molar refractivity (Wildman–Crippen MR) is 74.8 cm³/mol. The van der Waals surface area contributed by atoms with Crippen LogP contribution >= 0.6 is 0 Å². The Labute approximate surface area is 118 Å². The van der Waals surface area contributed by atoms with Gasteiger partial charge in [-0.2, -0.15) is 0 Å². The van der Waals surface area contributed by atoms with Crippen molar-refractivity contribution in [3.8, 4) is 5.75 Å². The normalized spacial score (nSPS) is 26.0. The van der Waals surface area contributed by atoms with Crippen LogP contribution in [0.4, 0.5) is 4.79 Å². The second-order valence-electron chi connectivity index (χ2n) is 5.33. The molecule has 2 aliphatic heterocycles. The molecule has 0 bridgehead atoms. The highest BCUT2D eigenvalue weighted by Crippen LogP contribution is 2.22. The smallest absolute Gasteiger partial charge is 0.410 e. The Bertz CT molecular complexity index is 452. The van der Waals surface area contributed by atoms with Crippen molar-refractivity contribution in [3.05, 3.63) is 30.3 Å². The largest absolute Gasteiger partial charge is 0.412 e. The fourth-order valence-electron chi connectivity index (χ4n) is 2.84. The molecule has 0 spiro atoms. The molecule has 5 nitrogen and oxygen atoms in total. The Balaban J connectivity index is 1.42. The lowest BCUT2D eigenvalue weighted by Gasteiger charge is -2.35. The second kappa shape index (κ2) is 6.24. The van der Waals surface area contributed by atoms with E-state index in [1.54, 1.807) is 12.1 Å². The average molecular weight is 276 g/mol. The van der Waals surface area contributed by atoms with Gasteiger partial charge in [0.1, 0.15) is 5.75 Å². The summed E-state index contributed by atoms with van der Waals surface area (Å²) in [6.07, 6.45) is 2.12. The van der Waals surface area contributed by atoms with Crippen molar-refractivity contribution in [2.75, 3.05) is 26.2 Å². The highest BCUT2D eigenvalue weighted by atomic mass is 16.6. The quantitative estimate of drug-likeness (QED) is 0.912. The van der Waals surface area contributed by atoms with Crippen molar-refractivity contribution < 1.29 is 14.3 Å². The van der Waals surface area contributed by atoms with Crippen LogP contribution in [0.15, 0.2) is 30.3 Å². The summed E-state index contributed by atoms with van der Waals surface area (Å²) >= 11 is 0. The van der Waals surface area contributed by atoms with Gasteiger partial charge in [0.05, 0.1) is 12.7 Å². The SMILES string of the molecule is O=C(NCC1CN2CCCC2CO1)Oc1ccccc1. The van der Waals surface area contributed by atoms with Gasteiger partial charge in [-0.1, -0.05) is 18.2 Å². The molecule has 1 N–H and O–H groups in total. The maximum atomic E-state index is 11.7. The Hall–Kier alpha value is -1.59. The summed E-state index contributed by atoms with van der Waals surface area (Å²) in [5, 5.41) is 2.77. The Morgan fingerprint density at radius 3 is 3.10 bits per heavy atom. The summed E-state index contributed by atoms with van der Waals surface area (Å²) in [6.45, 7) is 3.32. The predicted octanol–water partition coefficient (Wildman–Crippen LogP) is 1.64. The first-order valence-electron chi connectivity index (χ1n) is 7.17. The van der Waals surface area contributed by atoms with Crippen molar-refractivity contribution >= 4 is 6.09 Å². The van der Waals surface area contributed by atoms with Crippen LogP contribution in [0.25, 0.3) is 0 Å². The number of morpholine rings is 1. The number of carbonyl (C=O) groups excluding carboxylic acids is 1. The highest BCUT2D eigenvalue weighted by molar-refractivity contribution is 5.70. The molecule has 2 heterocycles. The number of hydrogen-bond donors (Lipinski definition) is 1. The van der Waals surface area contributed by atoms with E-state index in [-0.39, 0.29) is 6.10 Å². The van der Waals surface area contributed by atoms with Gasteiger partial charge in [-0.05, 0) is 31.5 Å². The minimum Gasteiger partial charge on any atom is -0.410 e. The van der Waals surface area contributed by atoms with Crippen LogP contribution in [-0.4, -0.2) is 49.4 Å². The first-order chi connectivity index (χ1) is 9.81. The molecule has 1 amide bonds. The van der Waals surface area contributed by atoms with Crippen molar-refractivity contribution in [1.29, 1.82) is 0 Å². The van der Waals surface area contributed by atoms with E-state index in [1.807, 2.05) is 18.2 Å². The summed E-state index contributed by atoms with van der Waals surface area (Å²) in [7, 11) is 0. The molecule has 1 aromatic carbocycles. The van der Waals surface area contributed by atoms with Crippen molar-refractivity contribution in [3.63, 3.8) is 0 Å². The molecule has 2 fully saturated rings. The first kappa shape index (κ1) is 13.4. The molecule has 5 heteroatoms. The maximum absolute atomic E-state index is 11.7. The Kier molecular flexibility index (Phi) is 4.18. The maximum Gasteiger partial charge on any atom is 0.412 e. The van der Waals surface area contributed by atoms with E-state index < -0.39 is 6.09 Å². The van der Waals surface area contributed by atoms with Crippen LogP contribution in [0.1, 0.15) is 12.8 Å². The summed E-state index contributed by atoms with van der Waals surface area (Å²) in [4.78, 5) is 14.1. The van der Waals surface area contributed by atoms with E-state index in [0.29, 0.717) is 18.3 Å². The molecule has 0 radical (unpaired) electrons. The molecule has 3 rings (SSSR count). The van der Waals surface area contributed by atoms with Crippen LogP contribution in [-0.2, 0) is 4.74 Å². The molecular formula is C15H20N2O3. The van der Waals surface area contributed by atoms with Gasteiger partial charge in [0.15, 0.2) is 0 Å². The van der Waals surface area contributed by atoms with Gasteiger partial charge >= 0.3 is 6.09 Å². The third-order valence-corrected chi connectivity index (χ3v) is 3.89. The second-order valence-corrected chi connectivity index (χ2v) is 5.33. The first-order valence-corrected chi connectivity index (χ1v) is 7.17. The number of rotatable bonds is 3. The van der Waals surface area contributed by atoms with E-state index >= 15 is 0 Å². The van der Waals surface area contributed by atoms with Gasteiger partial charge in [-0.3, -0.25) is 4.90 Å². The zero-order chi connectivity index (χ0) is 13.8. The third-order valence-electron chi connectivity index (χ3n) is 3.89. The Morgan fingerprint density at radius 2 is 2.25 bits per heavy atom. The minimum atomic E-state index is -0.427.